The van der Waals surface area contributed by atoms with E-state index in [0.717, 1.165) is 15.5 Å². The lowest BCUT2D eigenvalue weighted by atomic mass is 10.1. The molecule has 10 heteroatoms. The highest BCUT2D eigenvalue weighted by atomic mass is 79.9. The van der Waals surface area contributed by atoms with Gasteiger partial charge in [0.2, 0.25) is 0 Å². The van der Waals surface area contributed by atoms with Gasteiger partial charge in [0, 0.05) is 19.5 Å². The molecule has 0 aliphatic rings. The third kappa shape index (κ3) is 3.38. The van der Waals surface area contributed by atoms with Crippen molar-refractivity contribution in [2.45, 2.75) is 39.8 Å². The van der Waals surface area contributed by atoms with Crippen molar-refractivity contribution < 1.29 is 9.53 Å². The second kappa shape index (κ2) is 7.47. The number of aryl methyl sites for hydroxylation is 3. The number of benzene rings is 1. The number of ether oxygens (including phenoxy) is 1. The predicted octanol–water partition coefficient (Wildman–Crippen LogP) is 3.29. The lowest BCUT2D eigenvalue weighted by Gasteiger charge is -2.21. The third-order valence-electron chi connectivity index (χ3n) is 5.44. The normalized spacial score (nSPS) is 12.1. The van der Waals surface area contributed by atoms with Crippen LogP contribution in [0.1, 0.15) is 32.0 Å². The van der Waals surface area contributed by atoms with E-state index >= 15 is 0 Å². The highest BCUT2D eigenvalue weighted by Crippen LogP contribution is 2.27. The molecule has 3 heterocycles. The minimum Gasteiger partial charge on any atom is -0.443 e. The molecule has 0 aliphatic heterocycles. The second-order valence-corrected chi connectivity index (χ2v) is 9.46. The maximum atomic E-state index is 13.3. The highest BCUT2D eigenvalue weighted by molar-refractivity contribution is 9.10. The molecule has 0 amide bonds. The predicted molar refractivity (Wildman–Crippen MR) is 125 cm³/mol. The van der Waals surface area contributed by atoms with Crippen LogP contribution in [-0.2, 0) is 25.4 Å². The Morgan fingerprint density at radius 3 is 2.44 bits per heavy atom. The van der Waals surface area contributed by atoms with Crippen LogP contribution >= 0.6 is 15.9 Å². The quantitative estimate of drug-likeness (QED) is 0.393. The van der Waals surface area contributed by atoms with Gasteiger partial charge in [-0.25, -0.2) is 19.1 Å². The van der Waals surface area contributed by atoms with Crippen molar-refractivity contribution in [1.29, 1.82) is 0 Å². The van der Waals surface area contributed by atoms with Crippen LogP contribution in [-0.4, -0.2) is 34.9 Å². The summed E-state index contributed by atoms with van der Waals surface area (Å²) in [6.07, 6.45) is -0.564. The molecule has 9 nitrogen and oxygen atoms in total. The summed E-state index contributed by atoms with van der Waals surface area (Å²) >= 11 is 3.31. The molecule has 1 aromatic carbocycles. The molecule has 0 spiro atoms. The molecular formula is C22H24BrN5O4. The minimum atomic E-state index is -0.708. The van der Waals surface area contributed by atoms with E-state index in [0.29, 0.717) is 15.9 Å². The Morgan fingerprint density at radius 1 is 1.12 bits per heavy atom. The summed E-state index contributed by atoms with van der Waals surface area (Å²) in [5.41, 5.74) is 0.834. The molecule has 168 valence electrons. The van der Waals surface area contributed by atoms with Crippen LogP contribution in [0.25, 0.3) is 22.1 Å². The zero-order valence-electron chi connectivity index (χ0n) is 18.8. The van der Waals surface area contributed by atoms with Gasteiger partial charge in [0.25, 0.3) is 5.56 Å². The topological polar surface area (TPSA) is 93.0 Å². The molecule has 0 aliphatic carbocycles. The molecule has 0 saturated carbocycles. The third-order valence-corrected chi connectivity index (χ3v) is 6.15. The van der Waals surface area contributed by atoms with E-state index in [-0.39, 0.29) is 17.7 Å². The zero-order valence-corrected chi connectivity index (χ0v) is 20.3. The average molecular weight is 502 g/mol. The molecule has 3 aromatic heterocycles. The first kappa shape index (κ1) is 22.1. The number of fused-ring (bicyclic) bond motifs is 2. The molecule has 4 aromatic rings. The van der Waals surface area contributed by atoms with Gasteiger partial charge < -0.3 is 9.30 Å². The van der Waals surface area contributed by atoms with E-state index in [4.69, 9.17) is 4.74 Å². The van der Waals surface area contributed by atoms with Crippen molar-refractivity contribution in [3.63, 3.8) is 0 Å². The maximum absolute atomic E-state index is 13.3. The number of hydrogen-bond donors (Lipinski definition) is 0. The van der Waals surface area contributed by atoms with Gasteiger partial charge in [-0.2, -0.15) is 0 Å². The van der Waals surface area contributed by atoms with Crippen molar-refractivity contribution in [3.05, 3.63) is 61.1 Å². The lowest BCUT2D eigenvalue weighted by Crippen LogP contribution is -2.40. The molecular weight excluding hydrogens is 478 g/mol. The summed E-state index contributed by atoms with van der Waals surface area (Å²) in [7, 11) is 3.26. The SMILES string of the molecule is Cc1c(Cn2c(=O)c3c(nc(Br)n3C)n(C)c2=O)n(C(=O)OC(C)(C)C)c2ccccc12. The van der Waals surface area contributed by atoms with Crippen molar-refractivity contribution in [2.75, 3.05) is 0 Å². The smallest absolute Gasteiger partial charge is 0.419 e. The van der Waals surface area contributed by atoms with E-state index in [9.17, 15) is 14.4 Å². The number of rotatable bonds is 2. The molecule has 0 N–H and O–H groups in total. The molecule has 0 saturated heterocycles. The van der Waals surface area contributed by atoms with Crippen molar-refractivity contribution in [2.24, 2.45) is 14.1 Å². The summed E-state index contributed by atoms with van der Waals surface area (Å²) in [6.45, 7) is 7.14. The summed E-state index contributed by atoms with van der Waals surface area (Å²) in [6, 6.07) is 7.43. The zero-order chi connectivity index (χ0) is 23.5. The number of halogens is 1. The Kier molecular flexibility index (Phi) is 5.15. The van der Waals surface area contributed by atoms with E-state index in [1.54, 1.807) is 39.4 Å². The van der Waals surface area contributed by atoms with Crippen LogP contribution in [0.4, 0.5) is 4.79 Å². The number of aromatic nitrogens is 5. The molecule has 0 unspecified atom stereocenters. The highest BCUT2D eigenvalue weighted by Gasteiger charge is 2.26. The Hall–Kier alpha value is -3.14. The monoisotopic (exact) mass is 501 g/mol. The maximum Gasteiger partial charge on any atom is 0.419 e. The van der Waals surface area contributed by atoms with Crippen LogP contribution < -0.4 is 11.2 Å². The summed E-state index contributed by atoms with van der Waals surface area (Å²) in [5.74, 6) is 0. The molecule has 0 radical (unpaired) electrons. The van der Waals surface area contributed by atoms with Gasteiger partial charge in [-0.05, 0) is 55.3 Å². The van der Waals surface area contributed by atoms with Crippen LogP contribution in [0.5, 0.6) is 0 Å². The molecule has 0 atom stereocenters. The summed E-state index contributed by atoms with van der Waals surface area (Å²) in [4.78, 5) is 43.8. The first-order valence-electron chi connectivity index (χ1n) is 10.1. The first-order valence-corrected chi connectivity index (χ1v) is 10.9. The molecule has 32 heavy (non-hydrogen) atoms. The van der Waals surface area contributed by atoms with Crippen molar-refractivity contribution in [1.82, 2.24) is 23.3 Å². The molecule has 4 rings (SSSR count). The lowest BCUT2D eigenvalue weighted by molar-refractivity contribution is 0.0539. The average Bonchev–Trinajstić information content (AvgIpc) is 3.16. The Balaban J connectivity index is 1.99. The van der Waals surface area contributed by atoms with Gasteiger partial charge in [-0.3, -0.25) is 13.9 Å². The summed E-state index contributed by atoms with van der Waals surface area (Å²) in [5, 5.41) is 0.850. The minimum absolute atomic E-state index is 0.0933. The molecule has 0 fully saturated rings. The fourth-order valence-corrected chi connectivity index (χ4v) is 4.21. The molecule has 0 bridgehead atoms. The summed E-state index contributed by atoms with van der Waals surface area (Å²) < 4.78 is 11.6. The fraction of sp³-hybridized carbons (Fsp3) is 0.364. The van der Waals surface area contributed by atoms with E-state index < -0.39 is 22.9 Å². The Morgan fingerprint density at radius 2 is 1.78 bits per heavy atom. The van der Waals surface area contributed by atoms with Crippen molar-refractivity contribution >= 4 is 44.1 Å². The van der Waals surface area contributed by atoms with Gasteiger partial charge in [0.15, 0.2) is 15.9 Å². The number of hydrogen-bond acceptors (Lipinski definition) is 5. The number of para-hydroxylation sites is 1. The number of carbonyl (C=O) groups excluding carboxylic acids is 1. The van der Waals surface area contributed by atoms with Crippen LogP contribution in [0.3, 0.4) is 0 Å². The number of nitrogens with zero attached hydrogens (tertiary/aromatic N) is 5. The number of carbonyl (C=O) groups is 1. The fourth-order valence-electron chi connectivity index (χ4n) is 3.87. The van der Waals surface area contributed by atoms with Gasteiger partial charge >= 0.3 is 11.8 Å². The first-order chi connectivity index (χ1) is 14.9. The van der Waals surface area contributed by atoms with Crippen molar-refractivity contribution in [3.8, 4) is 0 Å². The Labute approximate surface area is 192 Å². The standard InChI is InChI=1S/C22H24BrN5O4/c1-12-13-9-7-8-10-14(13)28(21(31)32-22(2,3)4)15(12)11-27-18(29)16-17(26(6)20(27)30)24-19(23)25(16)5/h7-10H,11H2,1-6H3. The van der Waals surface area contributed by atoms with Gasteiger partial charge in [0.1, 0.15) is 5.60 Å². The van der Waals surface area contributed by atoms with Crippen LogP contribution in [0.15, 0.2) is 38.6 Å². The van der Waals surface area contributed by atoms with Gasteiger partial charge in [-0.1, -0.05) is 18.2 Å². The second-order valence-electron chi connectivity index (χ2n) is 8.75. The van der Waals surface area contributed by atoms with Crippen LogP contribution in [0.2, 0.25) is 0 Å². The van der Waals surface area contributed by atoms with E-state index in [1.165, 1.54) is 9.13 Å². The van der Waals surface area contributed by atoms with Crippen LogP contribution in [0, 0.1) is 6.92 Å². The van der Waals surface area contributed by atoms with E-state index in [1.807, 2.05) is 31.2 Å². The number of imidazole rings is 1. The Bertz CT molecular complexity index is 1510. The van der Waals surface area contributed by atoms with Gasteiger partial charge in [-0.15, -0.1) is 0 Å². The van der Waals surface area contributed by atoms with E-state index in [2.05, 4.69) is 20.9 Å². The van der Waals surface area contributed by atoms with Gasteiger partial charge in [0.05, 0.1) is 17.8 Å². The largest absolute Gasteiger partial charge is 0.443 e.